The van der Waals surface area contributed by atoms with E-state index < -0.39 is 29.8 Å². The summed E-state index contributed by atoms with van der Waals surface area (Å²) in [6, 6.07) is 1.64. The van der Waals surface area contributed by atoms with Crippen LogP contribution in [-0.2, 0) is 16.0 Å². The molecule has 1 rings (SSSR count). The van der Waals surface area contributed by atoms with Crippen molar-refractivity contribution in [3.63, 3.8) is 0 Å². The van der Waals surface area contributed by atoms with E-state index in [0.717, 1.165) is 12.1 Å². The van der Waals surface area contributed by atoms with Crippen molar-refractivity contribution in [3.8, 4) is 5.75 Å². The van der Waals surface area contributed by atoms with E-state index in [9.17, 15) is 18.7 Å². The Morgan fingerprint density at radius 2 is 2.00 bits per heavy atom. The highest BCUT2D eigenvalue weighted by molar-refractivity contribution is 5.73. The molecule has 0 fully saturated rings. The Morgan fingerprint density at radius 3 is 2.60 bits per heavy atom. The molecule has 5 heteroatoms. The molecule has 0 atom stereocenters. The second-order valence-corrected chi connectivity index (χ2v) is 2.84. The van der Waals surface area contributed by atoms with Crippen molar-refractivity contribution in [1.29, 1.82) is 0 Å². The zero-order chi connectivity index (χ0) is 11.4. The summed E-state index contributed by atoms with van der Waals surface area (Å²) in [7, 11) is 0. The first-order valence-corrected chi connectivity index (χ1v) is 4.37. The average molecular weight is 216 g/mol. The van der Waals surface area contributed by atoms with E-state index in [1.807, 2.05) is 0 Å². The second kappa shape index (κ2) is 4.72. The number of phenols is 1. The Balaban J connectivity index is 2.93. The molecule has 3 nitrogen and oxygen atoms in total. The highest BCUT2D eigenvalue weighted by Crippen LogP contribution is 2.24. The van der Waals surface area contributed by atoms with Crippen LogP contribution in [0.3, 0.4) is 0 Å². The van der Waals surface area contributed by atoms with Gasteiger partial charge in [-0.15, -0.1) is 0 Å². The number of rotatable bonds is 3. The zero-order valence-electron chi connectivity index (χ0n) is 8.09. The lowest BCUT2D eigenvalue weighted by atomic mass is 10.1. The number of benzene rings is 1. The van der Waals surface area contributed by atoms with Crippen LogP contribution in [0.1, 0.15) is 12.5 Å². The Kier molecular flexibility index (Phi) is 3.60. The molecular weight excluding hydrogens is 206 g/mol. The zero-order valence-corrected chi connectivity index (χ0v) is 8.09. The monoisotopic (exact) mass is 216 g/mol. The fraction of sp³-hybridized carbons (Fsp3) is 0.300. The van der Waals surface area contributed by atoms with Crippen LogP contribution in [0.2, 0.25) is 0 Å². The first-order valence-electron chi connectivity index (χ1n) is 4.37. The first-order chi connectivity index (χ1) is 7.06. The van der Waals surface area contributed by atoms with Crippen molar-refractivity contribution in [1.82, 2.24) is 0 Å². The van der Waals surface area contributed by atoms with Crippen molar-refractivity contribution in [2.45, 2.75) is 13.3 Å². The fourth-order valence-corrected chi connectivity index (χ4v) is 1.11. The molecule has 0 aliphatic carbocycles. The molecule has 0 unspecified atom stereocenters. The molecule has 0 aromatic heterocycles. The normalized spacial score (nSPS) is 10.1. The minimum absolute atomic E-state index is 0.149. The van der Waals surface area contributed by atoms with Gasteiger partial charge in [-0.25, -0.2) is 8.78 Å². The van der Waals surface area contributed by atoms with E-state index in [1.54, 1.807) is 6.92 Å². The number of esters is 1. The molecule has 1 N–H and O–H groups in total. The second-order valence-electron chi connectivity index (χ2n) is 2.84. The van der Waals surface area contributed by atoms with Crippen molar-refractivity contribution in [3.05, 3.63) is 29.3 Å². The summed E-state index contributed by atoms with van der Waals surface area (Å²) in [6.45, 7) is 1.75. The van der Waals surface area contributed by atoms with Gasteiger partial charge in [0.2, 0.25) is 0 Å². The van der Waals surface area contributed by atoms with Gasteiger partial charge in [-0.2, -0.15) is 0 Å². The maximum atomic E-state index is 13.1. The van der Waals surface area contributed by atoms with E-state index in [4.69, 9.17) is 0 Å². The smallest absolute Gasteiger partial charge is 0.310 e. The van der Waals surface area contributed by atoms with Gasteiger partial charge >= 0.3 is 5.97 Å². The lowest BCUT2D eigenvalue weighted by molar-refractivity contribution is -0.142. The van der Waals surface area contributed by atoms with Gasteiger partial charge in [0, 0.05) is 5.56 Å². The Hall–Kier alpha value is -1.65. The standard InChI is InChI=1S/C10H10F2O3/c1-2-15-9(13)5-6-7(11)3-4-8(12)10(6)14/h3-4,14H,2,5H2,1H3. The number of hydrogen-bond acceptors (Lipinski definition) is 3. The van der Waals surface area contributed by atoms with E-state index in [2.05, 4.69) is 4.74 Å². The van der Waals surface area contributed by atoms with Gasteiger partial charge in [-0.05, 0) is 19.1 Å². The maximum Gasteiger partial charge on any atom is 0.310 e. The van der Waals surface area contributed by atoms with E-state index >= 15 is 0 Å². The van der Waals surface area contributed by atoms with Crippen LogP contribution in [0.4, 0.5) is 8.78 Å². The highest BCUT2D eigenvalue weighted by atomic mass is 19.1. The van der Waals surface area contributed by atoms with Gasteiger partial charge in [-0.1, -0.05) is 0 Å². The van der Waals surface area contributed by atoms with Crippen LogP contribution in [0.5, 0.6) is 5.75 Å². The Morgan fingerprint density at radius 1 is 1.40 bits per heavy atom. The van der Waals surface area contributed by atoms with Gasteiger partial charge in [0.05, 0.1) is 13.0 Å². The summed E-state index contributed by atoms with van der Waals surface area (Å²) in [6.07, 6.45) is -0.483. The maximum absolute atomic E-state index is 13.1. The topological polar surface area (TPSA) is 46.5 Å². The molecule has 0 aliphatic heterocycles. The Bertz CT molecular complexity index is 377. The summed E-state index contributed by atoms with van der Waals surface area (Å²) in [5.74, 6) is -3.35. The third-order valence-electron chi connectivity index (χ3n) is 1.80. The molecule has 0 aliphatic rings. The van der Waals surface area contributed by atoms with Crippen molar-refractivity contribution < 1.29 is 23.4 Å². The first kappa shape index (κ1) is 11.4. The minimum Gasteiger partial charge on any atom is -0.505 e. The molecule has 0 bridgehead atoms. The molecule has 0 saturated carbocycles. The van der Waals surface area contributed by atoms with Crippen molar-refractivity contribution in [2.24, 2.45) is 0 Å². The van der Waals surface area contributed by atoms with Gasteiger partial charge < -0.3 is 9.84 Å². The molecule has 0 heterocycles. The summed E-state index contributed by atoms with van der Waals surface area (Å²) >= 11 is 0. The van der Waals surface area contributed by atoms with Crippen molar-refractivity contribution in [2.75, 3.05) is 6.61 Å². The molecule has 1 aromatic rings. The number of carbonyl (C=O) groups is 1. The minimum atomic E-state index is -0.962. The number of hydrogen-bond donors (Lipinski definition) is 1. The molecule has 1 aromatic carbocycles. The number of aromatic hydroxyl groups is 1. The quantitative estimate of drug-likeness (QED) is 0.783. The number of phenolic OH excluding ortho intramolecular Hbond substituents is 1. The largest absolute Gasteiger partial charge is 0.505 e. The van der Waals surface area contributed by atoms with Crippen LogP contribution < -0.4 is 0 Å². The summed E-state index contributed by atoms with van der Waals surface area (Å²) in [5.41, 5.74) is -0.381. The van der Waals surface area contributed by atoms with Crippen LogP contribution in [0, 0.1) is 11.6 Å². The Labute approximate surface area is 85.3 Å². The van der Waals surface area contributed by atoms with Crippen LogP contribution >= 0.6 is 0 Å². The van der Waals surface area contributed by atoms with Gasteiger partial charge in [0.15, 0.2) is 11.6 Å². The average Bonchev–Trinajstić information content (AvgIpc) is 2.19. The molecular formula is C10H10F2O3. The van der Waals surface area contributed by atoms with E-state index in [-0.39, 0.29) is 12.2 Å². The molecule has 0 amide bonds. The van der Waals surface area contributed by atoms with Gasteiger partial charge in [0.25, 0.3) is 0 Å². The SMILES string of the molecule is CCOC(=O)Cc1c(F)ccc(F)c1O. The van der Waals surface area contributed by atoms with E-state index in [1.165, 1.54) is 0 Å². The summed E-state index contributed by atoms with van der Waals surface area (Å²) < 4.78 is 30.5. The van der Waals surface area contributed by atoms with Crippen LogP contribution in [0.25, 0.3) is 0 Å². The lowest BCUT2D eigenvalue weighted by Gasteiger charge is -2.06. The highest BCUT2D eigenvalue weighted by Gasteiger charge is 2.16. The van der Waals surface area contributed by atoms with Crippen molar-refractivity contribution >= 4 is 5.97 Å². The summed E-state index contributed by atoms with van der Waals surface area (Å²) in [4.78, 5) is 11.0. The molecule has 82 valence electrons. The third kappa shape index (κ3) is 2.65. The van der Waals surface area contributed by atoms with Crippen LogP contribution in [0.15, 0.2) is 12.1 Å². The molecule has 0 saturated heterocycles. The summed E-state index contributed by atoms with van der Waals surface area (Å²) in [5, 5.41) is 9.17. The number of ether oxygens (including phenoxy) is 1. The number of halogens is 2. The van der Waals surface area contributed by atoms with Crippen LogP contribution in [-0.4, -0.2) is 17.7 Å². The van der Waals surface area contributed by atoms with Gasteiger partial charge in [-0.3, -0.25) is 4.79 Å². The molecule has 15 heavy (non-hydrogen) atoms. The predicted octanol–water partition coefficient (Wildman–Crippen LogP) is 1.78. The fourth-order valence-electron chi connectivity index (χ4n) is 1.11. The number of carbonyl (C=O) groups excluding carboxylic acids is 1. The van der Waals surface area contributed by atoms with Gasteiger partial charge in [0.1, 0.15) is 5.82 Å². The molecule has 0 radical (unpaired) electrons. The predicted molar refractivity (Wildman–Crippen MR) is 48.4 cm³/mol. The van der Waals surface area contributed by atoms with E-state index in [0.29, 0.717) is 0 Å². The third-order valence-corrected chi connectivity index (χ3v) is 1.80. The molecule has 0 spiro atoms. The lowest BCUT2D eigenvalue weighted by Crippen LogP contribution is -2.09.